The fourth-order valence-corrected chi connectivity index (χ4v) is 5.11. The zero-order valence-corrected chi connectivity index (χ0v) is 18.0. The molecule has 0 radical (unpaired) electrons. The number of aromatic nitrogens is 1. The van der Waals surface area contributed by atoms with Crippen LogP contribution in [0.2, 0.25) is 0 Å². The zero-order valence-electron chi connectivity index (χ0n) is 18.0. The lowest BCUT2D eigenvalue weighted by Gasteiger charge is -2.32. The molecule has 1 aliphatic heterocycles. The number of benzene rings is 2. The number of aryl methyl sites for hydroxylation is 1. The quantitative estimate of drug-likeness (QED) is 0.365. The second-order valence-corrected chi connectivity index (χ2v) is 8.01. The van der Waals surface area contributed by atoms with E-state index < -0.39 is 0 Å². The molecule has 0 spiro atoms. The van der Waals surface area contributed by atoms with Gasteiger partial charge in [-0.2, -0.15) is 4.58 Å². The second kappa shape index (κ2) is 6.95. The molecule has 5 rings (SSSR count). The van der Waals surface area contributed by atoms with Gasteiger partial charge in [0, 0.05) is 52.8 Å². The van der Waals surface area contributed by atoms with E-state index in [-0.39, 0.29) is 11.5 Å². The molecule has 0 saturated heterocycles. The highest BCUT2D eigenvalue weighted by atomic mass is 16.3. The molecule has 2 heterocycles. The van der Waals surface area contributed by atoms with Crippen LogP contribution in [-0.4, -0.2) is 27.2 Å². The highest BCUT2D eigenvalue weighted by Crippen LogP contribution is 2.46. The van der Waals surface area contributed by atoms with Crippen LogP contribution in [0.3, 0.4) is 0 Å². The van der Waals surface area contributed by atoms with Crippen LogP contribution < -0.4 is 5.11 Å². The Hall–Kier alpha value is -3.66. The predicted octanol–water partition coefficient (Wildman–Crippen LogP) is 4.38. The molecule has 0 amide bonds. The van der Waals surface area contributed by atoms with Crippen molar-refractivity contribution in [2.75, 3.05) is 6.54 Å². The van der Waals surface area contributed by atoms with Gasteiger partial charge in [-0.25, -0.2) is 0 Å². The van der Waals surface area contributed by atoms with Crippen LogP contribution in [0.15, 0.2) is 72.5 Å². The topological polar surface area (TPSA) is 48.1 Å². The SMILES string of the molecule is C=CC[N+]1=C(C)/C(=C2\C(=O)C(c3c(C)n(CC)c4ccccc34)=C2[O-])c2ccccc21. The van der Waals surface area contributed by atoms with Crippen LogP contribution in [0.25, 0.3) is 22.0 Å². The molecule has 3 aromatic rings. The molecule has 0 fully saturated rings. The van der Waals surface area contributed by atoms with Crippen molar-refractivity contribution in [1.82, 2.24) is 4.57 Å². The molecular formula is C27H24N2O2. The highest BCUT2D eigenvalue weighted by Gasteiger charge is 2.40. The maximum absolute atomic E-state index is 13.5. The maximum Gasteiger partial charge on any atom is 0.213 e. The predicted molar refractivity (Wildman–Crippen MR) is 123 cm³/mol. The van der Waals surface area contributed by atoms with E-state index in [4.69, 9.17) is 0 Å². The molecule has 31 heavy (non-hydrogen) atoms. The standard InChI is InChI=1S/C27H24N2O2/c1-5-15-29-17(4)23(19-12-8-10-14-21(19)29)25-26(30)24(27(25)31)22-16(3)28(6-2)20-13-9-7-11-18(20)22/h5,7-14H,1,6,15H2,2-4H3. The van der Waals surface area contributed by atoms with E-state index in [1.165, 1.54) is 0 Å². The van der Waals surface area contributed by atoms with Crippen LogP contribution >= 0.6 is 0 Å². The van der Waals surface area contributed by atoms with E-state index >= 15 is 0 Å². The van der Waals surface area contributed by atoms with E-state index in [1.807, 2.05) is 68.5 Å². The van der Waals surface area contributed by atoms with Gasteiger partial charge >= 0.3 is 0 Å². The largest absolute Gasteiger partial charge is 0.871 e. The van der Waals surface area contributed by atoms with Crippen molar-refractivity contribution in [3.63, 3.8) is 0 Å². The van der Waals surface area contributed by atoms with E-state index in [0.717, 1.165) is 51.2 Å². The Bertz CT molecular complexity index is 1400. The van der Waals surface area contributed by atoms with E-state index in [1.54, 1.807) is 0 Å². The van der Waals surface area contributed by atoms with Crippen molar-refractivity contribution in [2.24, 2.45) is 0 Å². The lowest BCUT2D eigenvalue weighted by atomic mass is 9.78. The number of fused-ring (bicyclic) bond motifs is 2. The van der Waals surface area contributed by atoms with Crippen LogP contribution in [0.1, 0.15) is 30.7 Å². The molecule has 0 N–H and O–H groups in total. The van der Waals surface area contributed by atoms with Crippen molar-refractivity contribution >= 4 is 39.2 Å². The molecule has 2 aliphatic rings. The summed E-state index contributed by atoms with van der Waals surface area (Å²) in [7, 11) is 0. The average molecular weight is 409 g/mol. The second-order valence-electron chi connectivity index (χ2n) is 8.01. The first kappa shape index (κ1) is 19.3. The first-order valence-electron chi connectivity index (χ1n) is 10.6. The van der Waals surface area contributed by atoms with Crippen molar-refractivity contribution in [3.8, 4) is 0 Å². The third-order valence-corrected chi connectivity index (χ3v) is 6.50. The third kappa shape index (κ3) is 2.48. The Labute approximate surface area is 181 Å². The molecule has 0 bridgehead atoms. The molecular weight excluding hydrogens is 384 g/mol. The van der Waals surface area contributed by atoms with Gasteiger partial charge in [0.05, 0.1) is 11.1 Å². The summed E-state index contributed by atoms with van der Waals surface area (Å²) in [5.41, 5.74) is 7.04. The first-order valence-corrected chi connectivity index (χ1v) is 10.6. The summed E-state index contributed by atoms with van der Waals surface area (Å²) in [6.07, 6.45) is 1.83. The lowest BCUT2D eigenvalue weighted by Crippen LogP contribution is -2.31. The van der Waals surface area contributed by atoms with E-state index in [0.29, 0.717) is 17.7 Å². The molecule has 1 aromatic heterocycles. The van der Waals surface area contributed by atoms with Gasteiger partial charge in [-0.15, -0.1) is 0 Å². The van der Waals surface area contributed by atoms with Crippen LogP contribution in [-0.2, 0) is 11.3 Å². The summed E-state index contributed by atoms with van der Waals surface area (Å²) in [6.45, 7) is 11.3. The Morgan fingerprint density at radius 1 is 1.03 bits per heavy atom. The van der Waals surface area contributed by atoms with Gasteiger partial charge in [0.15, 0.2) is 18.0 Å². The number of hydrogen-bond donors (Lipinski definition) is 0. The number of Topliss-reactive ketones (excluding diaryl/α,β-unsaturated/α-hetero) is 1. The summed E-state index contributed by atoms with van der Waals surface area (Å²) in [6, 6.07) is 15.9. The zero-order chi connectivity index (χ0) is 21.9. The van der Waals surface area contributed by atoms with Crippen LogP contribution in [0, 0.1) is 6.92 Å². The van der Waals surface area contributed by atoms with Crippen molar-refractivity contribution in [2.45, 2.75) is 27.3 Å². The van der Waals surface area contributed by atoms with Crippen molar-refractivity contribution in [1.29, 1.82) is 0 Å². The Kier molecular flexibility index (Phi) is 4.33. The number of carbonyl (C=O) groups excluding carboxylic acids is 1. The molecule has 0 saturated carbocycles. The Balaban J connectivity index is 1.77. The fourth-order valence-electron chi connectivity index (χ4n) is 5.11. The number of para-hydroxylation sites is 2. The van der Waals surface area contributed by atoms with Crippen molar-refractivity contribution in [3.05, 3.63) is 89.3 Å². The minimum Gasteiger partial charge on any atom is -0.871 e. The molecule has 4 nitrogen and oxygen atoms in total. The van der Waals surface area contributed by atoms with Gasteiger partial charge < -0.3 is 9.67 Å². The normalized spacial score (nSPS) is 18.1. The molecule has 1 aliphatic carbocycles. The fraction of sp³-hybridized carbons (Fsp3) is 0.185. The number of nitrogens with zero attached hydrogens (tertiary/aromatic N) is 2. The molecule has 0 unspecified atom stereocenters. The van der Waals surface area contributed by atoms with Gasteiger partial charge in [-0.1, -0.05) is 42.7 Å². The first-order chi connectivity index (χ1) is 15.0. The third-order valence-electron chi connectivity index (χ3n) is 6.50. The monoisotopic (exact) mass is 408 g/mol. The highest BCUT2D eigenvalue weighted by molar-refractivity contribution is 6.46. The minimum absolute atomic E-state index is 0.156. The van der Waals surface area contributed by atoms with Gasteiger partial charge in [-0.3, -0.25) is 4.79 Å². The summed E-state index contributed by atoms with van der Waals surface area (Å²) < 4.78 is 4.27. The number of hydrogen-bond acceptors (Lipinski definition) is 2. The summed E-state index contributed by atoms with van der Waals surface area (Å²) in [5.74, 6) is -0.312. The minimum atomic E-state index is -0.156. The maximum atomic E-state index is 13.5. The summed E-state index contributed by atoms with van der Waals surface area (Å²) >= 11 is 0. The molecule has 154 valence electrons. The van der Waals surface area contributed by atoms with Gasteiger partial charge in [-0.05, 0) is 32.1 Å². The number of rotatable bonds is 4. The molecule has 0 atom stereocenters. The summed E-state index contributed by atoms with van der Waals surface area (Å²) in [4.78, 5) is 13.5. The van der Waals surface area contributed by atoms with E-state index in [9.17, 15) is 9.90 Å². The van der Waals surface area contributed by atoms with Crippen LogP contribution in [0.4, 0.5) is 5.69 Å². The smallest absolute Gasteiger partial charge is 0.213 e. The summed E-state index contributed by atoms with van der Waals surface area (Å²) in [5, 5.41) is 14.5. The number of allylic oxidation sites excluding steroid dienone is 3. The Morgan fingerprint density at radius 3 is 2.45 bits per heavy atom. The van der Waals surface area contributed by atoms with Crippen molar-refractivity contribution < 1.29 is 14.5 Å². The Morgan fingerprint density at radius 2 is 1.74 bits per heavy atom. The lowest BCUT2D eigenvalue weighted by molar-refractivity contribution is -0.424. The van der Waals surface area contributed by atoms with Gasteiger partial charge in [0.2, 0.25) is 5.69 Å². The van der Waals surface area contributed by atoms with Gasteiger partial charge in [0.25, 0.3) is 0 Å². The van der Waals surface area contributed by atoms with Crippen LogP contribution in [0.5, 0.6) is 0 Å². The number of ketones is 1. The number of carbonyl (C=O) groups is 1. The average Bonchev–Trinajstić information content (AvgIpc) is 3.21. The van der Waals surface area contributed by atoms with Gasteiger partial charge in [0.1, 0.15) is 0 Å². The molecule has 2 aromatic carbocycles. The van der Waals surface area contributed by atoms with E-state index in [2.05, 4.69) is 22.6 Å². The molecule has 4 heteroatoms.